The van der Waals surface area contributed by atoms with E-state index in [1.54, 1.807) is 17.6 Å². The second kappa shape index (κ2) is 6.29. The molecule has 0 atom stereocenters. The third kappa shape index (κ3) is 3.03. The van der Waals surface area contributed by atoms with Gasteiger partial charge in [0.25, 0.3) is 11.5 Å². The quantitative estimate of drug-likeness (QED) is 0.797. The van der Waals surface area contributed by atoms with Crippen molar-refractivity contribution in [1.29, 1.82) is 0 Å². The first-order valence-corrected chi connectivity index (χ1v) is 7.88. The van der Waals surface area contributed by atoms with Crippen molar-refractivity contribution in [1.82, 2.24) is 14.7 Å². The van der Waals surface area contributed by atoms with Gasteiger partial charge in [-0.15, -0.1) is 11.3 Å². The van der Waals surface area contributed by atoms with Crippen molar-refractivity contribution < 1.29 is 4.79 Å². The van der Waals surface area contributed by atoms with Crippen LogP contribution < -0.4 is 10.9 Å². The molecule has 3 rings (SSSR count). The van der Waals surface area contributed by atoms with Gasteiger partial charge in [0, 0.05) is 29.3 Å². The van der Waals surface area contributed by atoms with Crippen molar-refractivity contribution in [3.05, 3.63) is 68.5 Å². The maximum atomic E-state index is 12.2. The highest BCUT2D eigenvalue weighted by Gasteiger charge is 2.13. The summed E-state index contributed by atoms with van der Waals surface area (Å²) in [5.41, 5.74) is 0.712. The summed E-state index contributed by atoms with van der Waals surface area (Å²) in [6, 6.07) is 7.44. The molecule has 3 aromatic rings. The van der Waals surface area contributed by atoms with Gasteiger partial charge in [-0.05, 0) is 24.1 Å². The summed E-state index contributed by atoms with van der Waals surface area (Å²) in [7, 11) is 0. The summed E-state index contributed by atoms with van der Waals surface area (Å²) in [4.78, 5) is 28.9. The van der Waals surface area contributed by atoms with Gasteiger partial charge < -0.3 is 5.32 Å². The first-order chi connectivity index (χ1) is 10.6. The molecule has 5 nitrogen and oxygen atoms in total. The lowest BCUT2D eigenvalue weighted by Gasteiger charge is -2.05. The van der Waals surface area contributed by atoms with Gasteiger partial charge in [-0.1, -0.05) is 23.7 Å². The Morgan fingerprint density at radius 3 is 3.09 bits per heavy atom. The molecular formula is C15H12ClN3O2S. The number of amides is 1. The van der Waals surface area contributed by atoms with Gasteiger partial charge in [-0.25, -0.2) is 4.98 Å². The van der Waals surface area contributed by atoms with Gasteiger partial charge in [0.1, 0.15) is 5.56 Å². The Morgan fingerprint density at radius 1 is 1.41 bits per heavy atom. The van der Waals surface area contributed by atoms with Crippen molar-refractivity contribution in [2.45, 2.75) is 6.42 Å². The lowest BCUT2D eigenvalue weighted by atomic mass is 10.1. The van der Waals surface area contributed by atoms with Gasteiger partial charge in [0.2, 0.25) is 0 Å². The minimum absolute atomic E-state index is 0.0435. The summed E-state index contributed by atoms with van der Waals surface area (Å²) in [5, 5.41) is 5.15. The highest BCUT2D eigenvalue weighted by molar-refractivity contribution is 7.15. The Bertz CT molecular complexity index is 888. The van der Waals surface area contributed by atoms with E-state index in [0.29, 0.717) is 22.9 Å². The summed E-state index contributed by atoms with van der Waals surface area (Å²) in [5.74, 6) is -0.417. The Morgan fingerprint density at radius 2 is 2.27 bits per heavy atom. The van der Waals surface area contributed by atoms with Crippen LogP contribution in [0.25, 0.3) is 4.96 Å². The highest BCUT2D eigenvalue weighted by Crippen LogP contribution is 2.10. The molecule has 0 saturated heterocycles. The summed E-state index contributed by atoms with van der Waals surface area (Å²) in [6.07, 6.45) is 3.57. The molecule has 0 aliphatic carbocycles. The van der Waals surface area contributed by atoms with Crippen LogP contribution >= 0.6 is 22.9 Å². The first kappa shape index (κ1) is 14.7. The van der Waals surface area contributed by atoms with Crippen LogP contribution in [0.15, 0.2) is 46.8 Å². The molecule has 0 unspecified atom stereocenters. The van der Waals surface area contributed by atoms with E-state index in [2.05, 4.69) is 10.3 Å². The van der Waals surface area contributed by atoms with E-state index in [-0.39, 0.29) is 11.1 Å². The van der Waals surface area contributed by atoms with E-state index in [1.807, 2.05) is 18.2 Å². The number of nitrogens with one attached hydrogen (secondary N) is 1. The van der Waals surface area contributed by atoms with Gasteiger partial charge >= 0.3 is 0 Å². The van der Waals surface area contributed by atoms with E-state index >= 15 is 0 Å². The van der Waals surface area contributed by atoms with Crippen LogP contribution in [-0.2, 0) is 6.42 Å². The van der Waals surface area contributed by atoms with Crippen LogP contribution in [0.2, 0.25) is 5.02 Å². The molecule has 1 amide bonds. The fourth-order valence-electron chi connectivity index (χ4n) is 2.09. The number of thiazole rings is 1. The third-order valence-electron chi connectivity index (χ3n) is 3.18. The number of hydrogen-bond acceptors (Lipinski definition) is 4. The third-order valence-corrected chi connectivity index (χ3v) is 4.18. The number of nitrogens with zero attached hydrogens (tertiary/aromatic N) is 2. The SMILES string of the molecule is O=C(NCCc1cccc(Cl)c1)c1cnc2sccn2c1=O. The number of fused-ring (bicyclic) bond motifs is 1. The number of carbonyl (C=O) groups excluding carboxylic acids is 1. The maximum Gasteiger partial charge on any atom is 0.271 e. The number of halogens is 1. The van der Waals surface area contributed by atoms with E-state index in [1.165, 1.54) is 21.9 Å². The molecule has 112 valence electrons. The van der Waals surface area contributed by atoms with Crippen LogP contribution in [0, 0.1) is 0 Å². The van der Waals surface area contributed by atoms with E-state index in [9.17, 15) is 9.59 Å². The van der Waals surface area contributed by atoms with Gasteiger partial charge in [-0.2, -0.15) is 0 Å². The fraction of sp³-hybridized carbons (Fsp3) is 0.133. The standard InChI is InChI=1S/C15H12ClN3O2S/c16-11-3-1-2-10(8-11)4-5-17-13(20)12-9-18-15-19(14(12)21)6-7-22-15/h1-3,6-9H,4-5H2,(H,17,20). The second-order valence-corrected chi connectivity index (χ2v) is 5.98. The lowest BCUT2D eigenvalue weighted by molar-refractivity contribution is 0.0952. The van der Waals surface area contributed by atoms with Crippen molar-refractivity contribution >= 4 is 33.8 Å². The zero-order valence-corrected chi connectivity index (χ0v) is 13.0. The summed E-state index contributed by atoms with van der Waals surface area (Å²) in [6.45, 7) is 0.422. The predicted molar refractivity (Wildman–Crippen MR) is 86.8 cm³/mol. The maximum absolute atomic E-state index is 12.2. The van der Waals surface area contributed by atoms with Crippen LogP contribution in [0.3, 0.4) is 0 Å². The topological polar surface area (TPSA) is 63.5 Å². The number of aromatic nitrogens is 2. The lowest BCUT2D eigenvalue weighted by Crippen LogP contribution is -2.32. The average molecular weight is 334 g/mol. The monoisotopic (exact) mass is 333 g/mol. The largest absolute Gasteiger partial charge is 0.351 e. The molecule has 0 radical (unpaired) electrons. The van der Waals surface area contributed by atoms with Crippen LogP contribution in [0.5, 0.6) is 0 Å². The molecule has 0 aliphatic rings. The minimum Gasteiger partial charge on any atom is -0.351 e. The van der Waals surface area contributed by atoms with Crippen molar-refractivity contribution in [3.63, 3.8) is 0 Å². The summed E-state index contributed by atoms with van der Waals surface area (Å²) >= 11 is 7.26. The Balaban J connectivity index is 1.68. The molecule has 2 aromatic heterocycles. The van der Waals surface area contributed by atoms with Crippen LogP contribution in [-0.4, -0.2) is 21.8 Å². The predicted octanol–water partition coefficient (Wildman–Crippen LogP) is 2.38. The minimum atomic E-state index is -0.417. The molecule has 0 spiro atoms. The molecule has 1 aromatic carbocycles. The van der Waals surface area contributed by atoms with E-state index < -0.39 is 5.91 Å². The second-order valence-electron chi connectivity index (χ2n) is 4.67. The number of carbonyl (C=O) groups is 1. The fourth-order valence-corrected chi connectivity index (χ4v) is 2.98. The number of benzene rings is 1. The van der Waals surface area contributed by atoms with E-state index in [0.717, 1.165) is 5.56 Å². The highest BCUT2D eigenvalue weighted by atomic mass is 35.5. The average Bonchev–Trinajstić information content (AvgIpc) is 2.97. The molecule has 22 heavy (non-hydrogen) atoms. The smallest absolute Gasteiger partial charge is 0.271 e. The molecule has 0 aliphatic heterocycles. The zero-order chi connectivity index (χ0) is 15.5. The molecule has 0 saturated carbocycles. The Labute approximate surface area is 135 Å². The summed E-state index contributed by atoms with van der Waals surface area (Å²) < 4.78 is 1.37. The van der Waals surface area contributed by atoms with Crippen molar-refractivity contribution in [2.24, 2.45) is 0 Å². The van der Waals surface area contributed by atoms with Gasteiger partial charge in [-0.3, -0.25) is 14.0 Å². The van der Waals surface area contributed by atoms with Gasteiger partial charge in [0.15, 0.2) is 4.96 Å². The van der Waals surface area contributed by atoms with Crippen LogP contribution in [0.1, 0.15) is 15.9 Å². The molecule has 1 N–H and O–H groups in total. The molecule has 0 fully saturated rings. The van der Waals surface area contributed by atoms with Crippen molar-refractivity contribution in [2.75, 3.05) is 6.54 Å². The first-order valence-electron chi connectivity index (χ1n) is 6.62. The van der Waals surface area contributed by atoms with Crippen LogP contribution in [0.4, 0.5) is 0 Å². The Kier molecular flexibility index (Phi) is 4.22. The number of hydrogen-bond donors (Lipinski definition) is 1. The molecule has 2 heterocycles. The Hall–Kier alpha value is -2.18. The molecule has 7 heteroatoms. The van der Waals surface area contributed by atoms with Crippen molar-refractivity contribution in [3.8, 4) is 0 Å². The normalized spacial score (nSPS) is 10.8. The molecular weight excluding hydrogens is 322 g/mol. The van der Waals surface area contributed by atoms with Gasteiger partial charge in [0.05, 0.1) is 0 Å². The zero-order valence-electron chi connectivity index (χ0n) is 11.5. The van der Waals surface area contributed by atoms with E-state index in [4.69, 9.17) is 11.6 Å². The molecule has 0 bridgehead atoms. The number of rotatable bonds is 4.